The number of aliphatic hydroxyl groups excluding tert-OH is 1. The van der Waals surface area contributed by atoms with Gasteiger partial charge in [0, 0.05) is 18.7 Å². The minimum absolute atomic E-state index is 0.0480. The fourth-order valence-electron chi connectivity index (χ4n) is 3.16. The minimum atomic E-state index is -1.05. The molecule has 0 aliphatic heterocycles. The molecule has 2 aromatic carbocycles. The van der Waals surface area contributed by atoms with Crippen molar-refractivity contribution in [2.24, 2.45) is 0 Å². The maximum atomic E-state index is 12.8. The summed E-state index contributed by atoms with van der Waals surface area (Å²) in [6.45, 7) is 0.00819. The molecule has 2 N–H and O–H groups in total. The van der Waals surface area contributed by atoms with Crippen LogP contribution < -0.4 is 16.6 Å². The number of carbonyl (C=O) groups is 1. The first-order chi connectivity index (χ1) is 15.8. The van der Waals surface area contributed by atoms with Crippen LogP contribution in [0.4, 0.5) is 0 Å². The number of nitrogens with one attached hydrogen (secondary N) is 1. The SMILES string of the molecule is COC[C@H](O)Cn1c(=O)cnn(-c2ccc(Cl)c(C(=O)NCCc3ccccc3Cl)c2)c1=O. The van der Waals surface area contributed by atoms with Crippen LogP contribution >= 0.6 is 23.2 Å². The lowest BCUT2D eigenvalue weighted by Crippen LogP contribution is -2.43. The molecule has 1 aromatic heterocycles. The summed E-state index contributed by atoms with van der Waals surface area (Å²) in [5, 5.41) is 17.4. The van der Waals surface area contributed by atoms with Gasteiger partial charge in [0.25, 0.3) is 11.5 Å². The van der Waals surface area contributed by atoms with E-state index in [1.807, 2.05) is 18.2 Å². The van der Waals surface area contributed by atoms with Gasteiger partial charge in [0.05, 0.1) is 35.5 Å². The molecule has 9 nitrogen and oxygen atoms in total. The number of benzene rings is 2. The molecular formula is C22H22Cl2N4O5. The lowest BCUT2D eigenvalue weighted by molar-refractivity contribution is 0.0519. The maximum Gasteiger partial charge on any atom is 0.352 e. The first kappa shape index (κ1) is 24.7. The van der Waals surface area contributed by atoms with Crippen LogP contribution in [0.1, 0.15) is 15.9 Å². The summed E-state index contributed by atoms with van der Waals surface area (Å²) in [6, 6.07) is 11.7. The van der Waals surface area contributed by atoms with Crippen LogP contribution in [0.25, 0.3) is 5.69 Å². The normalized spacial score (nSPS) is 11.9. The van der Waals surface area contributed by atoms with Gasteiger partial charge in [-0.15, -0.1) is 0 Å². The van der Waals surface area contributed by atoms with Gasteiger partial charge in [0.2, 0.25) is 0 Å². The fourth-order valence-corrected chi connectivity index (χ4v) is 3.60. The van der Waals surface area contributed by atoms with Crippen LogP contribution in [0.15, 0.2) is 58.3 Å². The first-order valence-corrected chi connectivity index (χ1v) is 10.7. The van der Waals surface area contributed by atoms with Gasteiger partial charge < -0.3 is 15.2 Å². The number of rotatable bonds is 9. The number of hydrogen-bond donors (Lipinski definition) is 2. The predicted octanol–water partition coefficient (Wildman–Crippen LogP) is 1.68. The molecule has 11 heteroatoms. The van der Waals surface area contributed by atoms with Crippen molar-refractivity contribution in [3.8, 4) is 5.69 Å². The topological polar surface area (TPSA) is 115 Å². The van der Waals surface area contributed by atoms with E-state index < -0.39 is 23.3 Å². The molecular weight excluding hydrogens is 471 g/mol. The molecule has 0 spiro atoms. The second-order valence-electron chi connectivity index (χ2n) is 7.16. The van der Waals surface area contributed by atoms with Crippen LogP contribution in [-0.2, 0) is 17.7 Å². The third kappa shape index (κ3) is 6.08. The van der Waals surface area contributed by atoms with Gasteiger partial charge in [-0.25, -0.2) is 4.79 Å². The summed E-state index contributed by atoms with van der Waals surface area (Å²) in [7, 11) is 1.39. The summed E-state index contributed by atoms with van der Waals surface area (Å²) in [5.74, 6) is -0.439. The van der Waals surface area contributed by atoms with Crippen molar-refractivity contribution >= 4 is 29.1 Å². The second-order valence-corrected chi connectivity index (χ2v) is 7.97. The van der Waals surface area contributed by atoms with Crippen LogP contribution in [0.5, 0.6) is 0 Å². The maximum absolute atomic E-state index is 12.8. The Morgan fingerprint density at radius 3 is 2.67 bits per heavy atom. The molecule has 3 aromatic rings. The quantitative estimate of drug-likeness (QED) is 0.469. The lowest BCUT2D eigenvalue weighted by Gasteiger charge is -2.13. The molecule has 1 amide bonds. The van der Waals surface area contributed by atoms with Crippen molar-refractivity contribution in [1.82, 2.24) is 19.7 Å². The molecule has 0 aliphatic carbocycles. The van der Waals surface area contributed by atoms with Crippen molar-refractivity contribution in [2.75, 3.05) is 20.3 Å². The summed E-state index contributed by atoms with van der Waals surface area (Å²) in [5.41, 5.74) is -0.175. The zero-order chi connectivity index (χ0) is 24.0. The Kier molecular flexibility index (Phi) is 8.40. The Morgan fingerprint density at radius 2 is 1.94 bits per heavy atom. The van der Waals surface area contributed by atoms with Gasteiger partial charge in [0.1, 0.15) is 6.20 Å². The highest BCUT2D eigenvalue weighted by Gasteiger charge is 2.16. The number of amides is 1. The van der Waals surface area contributed by atoms with Crippen molar-refractivity contribution in [3.63, 3.8) is 0 Å². The van der Waals surface area contributed by atoms with E-state index >= 15 is 0 Å². The predicted molar refractivity (Wildman–Crippen MR) is 124 cm³/mol. The number of halogens is 2. The van der Waals surface area contributed by atoms with Gasteiger partial charge >= 0.3 is 5.69 Å². The Morgan fingerprint density at radius 1 is 1.18 bits per heavy atom. The van der Waals surface area contributed by atoms with Crippen LogP contribution in [0.2, 0.25) is 10.0 Å². The first-order valence-electron chi connectivity index (χ1n) is 9.99. The third-order valence-corrected chi connectivity index (χ3v) is 5.49. The van der Waals surface area contributed by atoms with E-state index in [-0.39, 0.29) is 29.4 Å². The Bertz CT molecular complexity index is 1260. The zero-order valence-electron chi connectivity index (χ0n) is 17.7. The number of methoxy groups -OCH3 is 1. The Hall–Kier alpha value is -2.98. The Balaban J connectivity index is 1.82. The fraction of sp³-hybridized carbons (Fsp3) is 0.273. The van der Waals surface area contributed by atoms with Gasteiger partial charge in [-0.05, 0) is 36.2 Å². The minimum Gasteiger partial charge on any atom is -0.389 e. The highest BCUT2D eigenvalue weighted by molar-refractivity contribution is 6.34. The van der Waals surface area contributed by atoms with E-state index in [9.17, 15) is 19.5 Å². The molecule has 33 heavy (non-hydrogen) atoms. The summed E-state index contributed by atoms with van der Waals surface area (Å²) >= 11 is 12.3. The molecule has 0 radical (unpaired) electrons. The molecule has 0 bridgehead atoms. The molecule has 1 heterocycles. The largest absolute Gasteiger partial charge is 0.389 e. The number of aromatic nitrogens is 3. The number of carbonyl (C=O) groups excluding carboxylic acids is 1. The molecule has 0 saturated carbocycles. The van der Waals surface area contributed by atoms with E-state index in [0.717, 1.165) is 21.0 Å². The number of hydrogen-bond acceptors (Lipinski definition) is 6. The second kappa shape index (κ2) is 11.2. The molecule has 174 valence electrons. The zero-order valence-corrected chi connectivity index (χ0v) is 19.2. The van der Waals surface area contributed by atoms with Crippen molar-refractivity contribution in [1.29, 1.82) is 0 Å². The standard InChI is InChI=1S/C22H22Cl2N4O5/c1-33-13-16(29)12-27-20(30)11-26-28(22(27)32)15-6-7-19(24)17(10-15)21(31)25-9-8-14-4-2-3-5-18(14)23/h2-7,10-11,16,29H,8-9,12-13H2,1H3,(H,25,31)/t16-/m1/s1. The van der Waals surface area contributed by atoms with Crippen molar-refractivity contribution in [3.05, 3.63) is 90.7 Å². The van der Waals surface area contributed by atoms with Crippen LogP contribution in [0.3, 0.4) is 0 Å². The number of ether oxygens (including phenoxy) is 1. The van der Waals surface area contributed by atoms with E-state index in [2.05, 4.69) is 10.4 Å². The smallest absolute Gasteiger partial charge is 0.352 e. The summed E-state index contributed by atoms with van der Waals surface area (Å²) in [6.07, 6.45) is 0.429. The van der Waals surface area contributed by atoms with E-state index in [4.69, 9.17) is 27.9 Å². The van der Waals surface area contributed by atoms with Gasteiger partial charge in [-0.1, -0.05) is 41.4 Å². The van der Waals surface area contributed by atoms with E-state index in [1.54, 1.807) is 6.07 Å². The molecule has 0 saturated heterocycles. The highest BCUT2D eigenvalue weighted by Crippen LogP contribution is 2.19. The van der Waals surface area contributed by atoms with Crippen LogP contribution in [0, 0.1) is 0 Å². The van der Waals surface area contributed by atoms with Crippen molar-refractivity contribution in [2.45, 2.75) is 19.1 Å². The monoisotopic (exact) mass is 492 g/mol. The average Bonchev–Trinajstić information content (AvgIpc) is 2.78. The molecule has 1 atom stereocenters. The summed E-state index contributed by atoms with van der Waals surface area (Å²) < 4.78 is 6.63. The van der Waals surface area contributed by atoms with Crippen LogP contribution in [-0.4, -0.2) is 51.7 Å². The van der Waals surface area contributed by atoms with Gasteiger partial charge in [-0.3, -0.25) is 14.2 Å². The van der Waals surface area contributed by atoms with Crippen molar-refractivity contribution < 1.29 is 14.6 Å². The average molecular weight is 493 g/mol. The number of nitrogens with zero attached hydrogens (tertiary/aromatic N) is 3. The third-order valence-electron chi connectivity index (χ3n) is 4.79. The van der Waals surface area contributed by atoms with E-state index in [0.29, 0.717) is 18.0 Å². The molecule has 0 fully saturated rings. The Labute approximate surface area is 199 Å². The molecule has 0 unspecified atom stereocenters. The molecule has 0 aliphatic rings. The molecule has 3 rings (SSSR count). The number of aliphatic hydroxyl groups is 1. The van der Waals surface area contributed by atoms with E-state index in [1.165, 1.54) is 25.3 Å². The lowest BCUT2D eigenvalue weighted by atomic mass is 10.1. The highest BCUT2D eigenvalue weighted by atomic mass is 35.5. The summed E-state index contributed by atoms with van der Waals surface area (Å²) in [4.78, 5) is 37.6. The van der Waals surface area contributed by atoms with Gasteiger partial charge in [0.15, 0.2) is 0 Å². The van der Waals surface area contributed by atoms with Gasteiger partial charge in [-0.2, -0.15) is 9.78 Å².